The van der Waals surface area contributed by atoms with E-state index >= 15 is 0 Å². The quantitative estimate of drug-likeness (QED) is 0.363. The van der Waals surface area contributed by atoms with Crippen LogP contribution < -0.4 is 4.90 Å². The van der Waals surface area contributed by atoms with E-state index in [-0.39, 0.29) is 18.0 Å². The molecule has 3 aromatic carbocycles. The van der Waals surface area contributed by atoms with Crippen molar-refractivity contribution < 1.29 is 13.2 Å². The number of nitrogens with zero attached hydrogens (tertiary/aromatic N) is 3. The number of hydrogen-bond acceptors (Lipinski definition) is 4. The highest BCUT2D eigenvalue weighted by molar-refractivity contribution is 7.89. The van der Waals surface area contributed by atoms with Gasteiger partial charge >= 0.3 is 0 Å². The molecule has 37 heavy (non-hydrogen) atoms. The van der Waals surface area contributed by atoms with E-state index in [1.807, 2.05) is 78.6 Å². The van der Waals surface area contributed by atoms with Crippen molar-refractivity contribution in [1.82, 2.24) is 9.21 Å². The van der Waals surface area contributed by atoms with Gasteiger partial charge in [-0.15, -0.1) is 0 Å². The first-order chi connectivity index (χ1) is 17.9. The molecule has 4 rings (SSSR count). The highest BCUT2D eigenvalue weighted by Crippen LogP contribution is 2.30. The van der Waals surface area contributed by atoms with Gasteiger partial charge in [0.2, 0.25) is 15.9 Å². The fourth-order valence-corrected chi connectivity index (χ4v) is 6.58. The van der Waals surface area contributed by atoms with E-state index in [1.54, 1.807) is 31.3 Å². The Morgan fingerprint density at radius 2 is 1.43 bits per heavy atom. The summed E-state index contributed by atoms with van der Waals surface area (Å²) in [7, 11) is -1.95. The fourth-order valence-electron chi connectivity index (χ4n) is 5.18. The number of amides is 1. The molecule has 3 aromatic rings. The molecule has 196 valence electrons. The van der Waals surface area contributed by atoms with E-state index < -0.39 is 10.0 Å². The van der Waals surface area contributed by atoms with Crippen molar-refractivity contribution in [3.05, 3.63) is 96.6 Å². The summed E-state index contributed by atoms with van der Waals surface area (Å²) in [5.41, 5.74) is 1.95. The Morgan fingerprint density at radius 1 is 0.892 bits per heavy atom. The number of carbonyl (C=O) groups is 1. The van der Waals surface area contributed by atoms with Crippen molar-refractivity contribution in [2.75, 3.05) is 31.6 Å². The predicted molar refractivity (Wildman–Crippen MR) is 149 cm³/mol. The van der Waals surface area contributed by atoms with E-state index in [0.29, 0.717) is 17.7 Å². The largest absolute Gasteiger partial charge is 0.309 e. The van der Waals surface area contributed by atoms with Crippen LogP contribution in [0.5, 0.6) is 0 Å². The van der Waals surface area contributed by atoms with Gasteiger partial charge in [-0.3, -0.25) is 4.79 Å². The molecular weight excluding hydrogens is 482 g/mol. The van der Waals surface area contributed by atoms with Crippen LogP contribution in [0, 0.1) is 0 Å². The zero-order valence-corrected chi connectivity index (χ0v) is 22.6. The van der Waals surface area contributed by atoms with Crippen molar-refractivity contribution in [1.29, 1.82) is 0 Å². The molecule has 1 saturated heterocycles. The highest BCUT2D eigenvalue weighted by atomic mass is 32.2. The molecule has 1 aliphatic heterocycles. The van der Waals surface area contributed by atoms with Gasteiger partial charge in [-0.1, -0.05) is 73.7 Å². The van der Waals surface area contributed by atoms with E-state index in [4.69, 9.17) is 0 Å². The monoisotopic (exact) mass is 519 g/mol. The summed E-state index contributed by atoms with van der Waals surface area (Å²) >= 11 is 0. The Morgan fingerprint density at radius 3 is 2.00 bits per heavy atom. The first kappa shape index (κ1) is 27.0. The van der Waals surface area contributed by atoms with E-state index in [0.717, 1.165) is 43.7 Å². The molecule has 7 heteroatoms. The lowest BCUT2D eigenvalue weighted by Crippen LogP contribution is -2.48. The second-order valence-corrected chi connectivity index (χ2v) is 11.6. The Bertz CT molecular complexity index is 1230. The highest BCUT2D eigenvalue weighted by Gasteiger charge is 2.31. The normalized spacial score (nSPS) is 16.0. The average Bonchev–Trinajstić information content (AvgIpc) is 2.95. The van der Waals surface area contributed by atoms with Crippen LogP contribution in [-0.2, 0) is 14.8 Å². The smallest absolute Gasteiger partial charge is 0.243 e. The van der Waals surface area contributed by atoms with Crippen molar-refractivity contribution in [2.45, 2.75) is 49.6 Å². The van der Waals surface area contributed by atoms with Gasteiger partial charge in [0.15, 0.2) is 0 Å². The molecule has 1 amide bonds. The number of carbonyl (C=O) groups excluding carboxylic acids is 1. The van der Waals surface area contributed by atoms with Crippen LogP contribution in [0.2, 0.25) is 0 Å². The molecule has 0 bridgehead atoms. The third kappa shape index (κ3) is 6.47. The molecule has 0 spiro atoms. The molecule has 0 N–H and O–H groups in total. The fraction of sp³-hybridized carbons (Fsp3) is 0.367. The Hall–Kier alpha value is -3.00. The minimum atomic E-state index is -3.63. The van der Waals surface area contributed by atoms with Gasteiger partial charge < -0.3 is 9.80 Å². The van der Waals surface area contributed by atoms with Crippen LogP contribution in [0.4, 0.5) is 5.69 Å². The number of hydrogen-bond donors (Lipinski definition) is 0. The van der Waals surface area contributed by atoms with Crippen molar-refractivity contribution in [2.24, 2.45) is 0 Å². The summed E-state index contributed by atoms with van der Waals surface area (Å²) in [6, 6.07) is 28.3. The summed E-state index contributed by atoms with van der Waals surface area (Å²) in [5, 5.41) is 0. The van der Waals surface area contributed by atoms with E-state index in [1.165, 1.54) is 4.31 Å². The maximum absolute atomic E-state index is 13.4. The molecular formula is C30H37N3O3S. The van der Waals surface area contributed by atoms with Crippen LogP contribution in [-0.4, -0.2) is 56.3 Å². The van der Waals surface area contributed by atoms with Gasteiger partial charge in [0, 0.05) is 38.3 Å². The summed E-state index contributed by atoms with van der Waals surface area (Å²) in [4.78, 5) is 17.5. The molecule has 0 radical (unpaired) electrons. The number of likely N-dealkylation sites (tertiary alicyclic amines) is 1. The van der Waals surface area contributed by atoms with Gasteiger partial charge in [-0.05, 0) is 55.6 Å². The maximum Gasteiger partial charge on any atom is 0.243 e. The van der Waals surface area contributed by atoms with E-state index in [9.17, 15) is 13.2 Å². The maximum atomic E-state index is 13.4. The van der Waals surface area contributed by atoms with E-state index in [2.05, 4.69) is 4.90 Å². The minimum absolute atomic E-state index is 0.154. The van der Waals surface area contributed by atoms with Crippen molar-refractivity contribution in [3.8, 4) is 0 Å². The summed E-state index contributed by atoms with van der Waals surface area (Å²) in [6.45, 7) is 4.45. The molecule has 1 aliphatic rings. The first-order valence-corrected chi connectivity index (χ1v) is 14.5. The summed E-state index contributed by atoms with van der Waals surface area (Å²) in [5.74, 6) is 0.154. The molecule has 0 aliphatic carbocycles. The second kappa shape index (κ2) is 12.5. The summed E-state index contributed by atoms with van der Waals surface area (Å²) in [6.07, 6.45) is 2.97. The lowest BCUT2D eigenvalue weighted by atomic mass is 9.99. The van der Waals surface area contributed by atoms with Crippen LogP contribution in [0.1, 0.15) is 44.2 Å². The zero-order chi connectivity index (χ0) is 26.3. The lowest BCUT2D eigenvalue weighted by molar-refractivity contribution is -0.119. The number of anilines is 1. The molecule has 1 fully saturated rings. The van der Waals surface area contributed by atoms with Crippen molar-refractivity contribution in [3.63, 3.8) is 0 Å². The number of sulfonamides is 1. The van der Waals surface area contributed by atoms with Crippen LogP contribution in [0.25, 0.3) is 0 Å². The molecule has 1 heterocycles. The number of para-hydroxylation sites is 1. The van der Waals surface area contributed by atoms with Crippen LogP contribution >= 0.6 is 0 Å². The van der Waals surface area contributed by atoms with Crippen LogP contribution in [0.15, 0.2) is 95.9 Å². The van der Waals surface area contributed by atoms with Gasteiger partial charge in [0.25, 0.3) is 0 Å². The van der Waals surface area contributed by atoms with Gasteiger partial charge in [0.1, 0.15) is 0 Å². The molecule has 0 saturated carbocycles. The molecule has 1 atom stereocenters. The minimum Gasteiger partial charge on any atom is -0.309 e. The van der Waals surface area contributed by atoms with Crippen molar-refractivity contribution >= 4 is 21.6 Å². The van der Waals surface area contributed by atoms with Gasteiger partial charge in [-0.25, -0.2) is 8.42 Å². The predicted octanol–water partition coefficient (Wildman–Crippen LogP) is 5.35. The zero-order valence-electron chi connectivity index (χ0n) is 21.7. The SMILES string of the molecule is CCC(=O)N(c1ccccc1)C1CCN(CCC(c2ccccc2)N(C)S(=O)(=O)c2ccccc2)CC1. The first-order valence-electron chi connectivity index (χ1n) is 13.1. The Balaban J connectivity index is 1.44. The van der Waals surface area contributed by atoms with Crippen LogP contribution in [0.3, 0.4) is 0 Å². The summed E-state index contributed by atoms with van der Waals surface area (Å²) < 4.78 is 28.4. The number of rotatable bonds is 10. The molecule has 6 nitrogen and oxygen atoms in total. The van der Waals surface area contributed by atoms with Gasteiger partial charge in [-0.2, -0.15) is 4.31 Å². The lowest BCUT2D eigenvalue weighted by Gasteiger charge is -2.39. The third-order valence-electron chi connectivity index (χ3n) is 7.29. The standard InChI is InChI=1S/C30H37N3O3S/c1-3-30(34)33(26-15-9-5-10-16-26)27-19-22-32(23-20-27)24-21-29(25-13-7-4-8-14-25)31(2)37(35,36)28-17-11-6-12-18-28/h4-18,27,29H,3,19-24H2,1-2H3. The third-order valence-corrected chi connectivity index (χ3v) is 9.17. The Kier molecular flexibility index (Phi) is 9.14. The average molecular weight is 520 g/mol. The molecule has 1 unspecified atom stereocenters. The molecule has 0 aromatic heterocycles. The van der Waals surface area contributed by atoms with Gasteiger partial charge in [0.05, 0.1) is 10.9 Å². The Labute approximate surface area is 221 Å². The number of benzene rings is 3. The topological polar surface area (TPSA) is 60.9 Å². The second-order valence-electron chi connectivity index (χ2n) is 9.58. The number of piperidine rings is 1.